The zero-order chi connectivity index (χ0) is 23.3. The van der Waals surface area contributed by atoms with Crippen LogP contribution in [0.1, 0.15) is 5.69 Å². The largest absolute Gasteiger partial charge is 0.363 e. The molecule has 1 fully saturated rings. The summed E-state index contributed by atoms with van der Waals surface area (Å²) in [6.07, 6.45) is 1.54. The predicted molar refractivity (Wildman–Crippen MR) is 114 cm³/mol. The number of benzene rings is 1. The Morgan fingerprint density at radius 1 is 1.25 bits per heavy atom. The first-order valence-corrected chi connectivity index (χ1v) is 10.2. The number of nitrogens with two attached hydrogens (primary N) is 1. The van der Waals surface area contributed by atoms with Crippen LogP contribution in [0, 0.1) is 11.6 Å². The molecule has 2 aromatic rings. The Balaban J connectivity index is 1.65. The lowest BCUT2D eigenvalue weighted by molar-refractivity contribution is -0.130. The number of carbonyl (C=O) groups is 2. The zero-order valence-electron chi connectivity index (χ0n) is 17.3. The molecule has 1 aromatic heterocycles. The fourth-order valence-corrected chi connectivity index (χ4v) is 3.31. The maximum Gasteiger partial charge on any atom is 0.312 e. The minimum absolute atomic E-state index is 0.170. The SMILES string of the molecule is COC(S)NCc1cn(-c2cc(F)c(N3CCN(C(=O)CNC(N)=O)CC3)c(F)c2)nn1. The number of thiol groups is 1. The molecule has 3 rings (SSSR count). The van der Waals surface area contributed by atoms with Crippen molar-refractivity contribution in [3.8, 4) is 5.69 Å². The normalized spacial score (nSPS) is 15.0. The molecule has 3 amide bonds. The van der Waals surface area contributed by atoms with Crippen LogP contribution in [0.15, 0.2) is 18.3 Å². The van der Waals surface area contributed by atoms with E-state index in [0.717, 1.165) is 0 Å². The van der Waals surface area contributed by atoms with E-state index in [1.165, 1.54) is 33.7 Å². The molecule has 1 atom stereocenters. The molecule has 2 heterocycles. The molecule has 1 aliphatic heterocycles. The minimum Gasteiger partial charge on any atom is -0.363 e. The molecule has 0 radical (unpaired) electrons. The molecule has 174 valence electrons. The Bertz CT molecular complexity index is 944. The standard InChI is InChI=1S/C18H24F2N8O3S/c1-31-18(32)23-8-11-10-28(25-24-11)12-6-13(19)16(14(20)7-12)27-4-2-26(3-5-27)15(29)9-22-17(21)30/h6-7,10,18,23,32H,2-5,8-9H2,1H3,(H3,21,22,30). The third-order valence-electron chi connectivity index (χ3n) is 4.85. The fourth-order valence-electron chi connectivity index (χ4n) is 3.22. The highest BCUT2D eigenvalue weighted by molar-refractivity contribution is 7.80. The number of nitrogens with zero attached hydrogens (tertiary/aromatic N) is 5. The number of methoxy groups -OCH3 is 1. The number of nitrogens with one attached hydrogen (secondary N) is 2. The number of hydrogen-bond acceptors (Lipinski definition) is 8. The number of hydrogen-bond donors (Lipinski definition) is 4. The maximum absolute atomic E-state index is 14.8. The third-order valence-corrected chi connectivity index (χ3v) is 5.24. The predicted octanol–water partition coefficient (Wildman–Crippen LogP) is -0.188. The molecule has 1 unspecified atom stereocenters. The maximum atomic E-state index is 14.8. The van der Waals surface area contributed by atoms with Crippen molar-refractivity contribution in [2.75, 3.05) is 44.7 Å². The summed E-state index contributed by atoms with van der Waals surface area (Å²) in [6, 6.07) is 1.56. The molecule has 4 N–H and O–H groups in total. The van der Waals surface area contributed by atoms with Crippen LogP contribution in [-0.4, -0.2) is 77.2 Å². The Kier molecular flexibility index (Phi) is 7.82. The average Bonchev–Trinajstić information content (AvgIpc) is 3.25. The van der Waals surface area contributed by atoms with Crippen LogP contribution in [-0.2, 0) is 16.1 Å². The molecule has 1 saturated heterocycles. The number of primary amides is 1. The smallest absolute Gasteiger partial charge is 0.312 e. The van der Waals surface area contributed by atoms with Crippen molar-refractivity contribution < 1.29 is 23.1 Å². The van der Waals surface area contributed by atoms with Crippen LogP contribution in [0.5, 0.6) is 0 Å². The van der Waals surface area contributed by atoms with Gasteiger partial charge in [-0.3, -0.25) is 10.1 Å². The van der Waals surface area contributed by atoms with Gasteiger partial charge in [0, 0.05) is 52.0 Å². The number of ether oxygens (including phenoxy) is 1. The van der Waals surface area contributed by atoms with Crippen LogP contribution in [0.3, 0.4) is 0 Å². The Morgan fingerprint density at radius 2 is 1.91 bits per heavy atom. The first kappa shape index (κ1) is 23.7. The van der Waals surface area contributed by atoms with Gasteiger partial charge in [-0.15, -0.1) is 17.7 Å². The van der Waals surface area contributed by atoms with Crippen LogP contribution < -0.4 is 21.3 Å². The van der Waals surface area contributed by atoms with Gasteiger partial charge >= 0.3 is 6.03 Å². The van der Waals surface area contributed by atoms with E-state index in [2.05, 4.69) is 33.6 Å². The van der Waals surface area contributed by atoms with Gasteiger partial charge in [0.05, 0.1) is 24.1 Å². The molecular weight excluding hydrogens is 446 g/mol. The number of piperazine rings is 1. The van der Waals surface area contributed by atoms with Crippen LogP contribution in [0.25, 0.3) is 5.69 Å². The average molecular weight is 471 g/mol. The van der Waals surface area contributed by atoms with E-state index < -0.39 is 23.2 Å². The van der Waals surface area contributed by atoms with Gasteiger partial charge in [0.15, 0.2) is 17.2 Å². The van der Waals surface area contributed by atoms with E-state index in [9.17, 15) is 18.4 Å². The summed E-state index contributed by atoms with van der Waals surface area (Å²) >= 11 is 4.13. The first-order valence-electron chi connectivity index (χ1n) is 9.69. The summed E-state index contributed by atoms with van der Waals surface area (Å²) in [5.41, 5.74) is 5.03. The monoisotopic (exact) mass is 470 g/mol. The van der Waals surface area contributed by atoms with Crippen molar-refractivity contribution in [2.24, 2.45) is 5.73 Å². The summed E-state index contributed by atoms with van der Waals surface area (Å²) in [7, 11) is 1.49. The highest BCUT2D eigenvalue weighted by Gasteiger charge is 2.25. The van der Waals surface area contributed by atoms with Gasteiger partial charge in [0.1, 0.15) is 5.69 Å². The van der Waals surface area contributed by atoms with E-state index in [0.29, 0.717) is 12.2 Å². The van der Waals surface area contributed by atoms with Crippen molar-refractivity contribution in [3.63, 3.8) is 0 Å². The van der Waals surface area contributed by atoms with E-state index in [1.54, 1.807) is 6.20 Å². The number of amides is 3. The third kappa shape index (κ3) is 5.83. The van der Waals surface area contributed by atoms with Gasteiger partial charge in [0.25, 0.3) is 0 Å². The van der Waals surface area contributed by atoms with Gasteiger partial charge in [-0.05, 0) is 0 Å². The van der Waals surface area contributed by atoms with Crippen LogP contribution >= 0.6 is 12.6 Å². The molecule has 32 heavy (non-hydrogen) atoms. The lowest BCUT2D eigenvalue weighted by Crippen LogP contribution is -2.52. The Hall–Kier alpha value is -2.97. The van der Waals surface area contributed by atoms with Crippen molar-refractivity contribution in [1.29, 1.82) is 0 Å². The van der Waals surface area contributed by atoms with Gasteiger partial charge in [-0.2, -0.15) is 0 Å². The molecular formula is C18H24F2N8O3S. The minimum atomic E-state index is -0.794. The van der Waals surface area contributed by atoms with Crippen LogP contribution in [0.4, 0.5) is 19.3 Å². The molecule has 0 bridgehead atoms. The molecule has 0 aliphatic carbocycles. The molecule has 0 spiro atoms. The lowest BCUT2D eigenvalue weighted by atomic mass is 10.2. The van der Waals surface area contributed by atoms with Gasteiger partial charge in [-0.25, -0.2) is 18.3 Å². The van der Waals surface area contributed by atoms with Gasteiger partial charge in [-0.1, -0.05) is 5.21 Å². The van der Waals surface area contributed by atoms with Crippen molar-refractivity contribution in [1.82, 2.24) is 30.5 Å². The first-order chi connectivity index (χ1) is 15.3. The molecule has 1 aromatic carbocycles. The van der Waals surface area contributed by atoms with Crippen molar-refractivity contribution in [2.45, 2.75) is 12.1 Å². The molecule has 14 heteroatoms. The number of halogens is 2. The fraction of sp³-hybridized carbons (Fsp3) is 0.444. The van der Waals surface area contributed by atoms with Crippen molar-refractivity contribution in [3.05, 3.63) is 35.7 Å². The van der Waals surface area contributed by atoms with Gasteiger partial charge in [0.2, 0.25) is 5.91 Å². The number of carbonyl (C=O) groups excluding carboxylic acids is 2. The summed E-state index contributed by atoms with van der Waals surface area (Å²) in [6.45, 7) is 1.07. The van der Waals surface area contributed by atoms with E-state index in [1.807, 2.05) is 0 Å². The lowest BCUT2D eigenvalue weighted by Gasteiger charge is -2.36. The van der Waals surface area contributed by atoms with E-state index in [4.69, 9.17) is 10.5 Å². The summed E-state index contributed by atoms with van der Waals surface area (Å²) in [4.78, 5) is 25.8. The second-order valence-electron chi connectivity index (χ2n) is 6.97. The Morgan fingerprint density at radius 3 is 2.50 bits per heavy atom. The summed E-state index contributed by atoms with van der Waals surface area (Å²) in [5.74, 6) is -1.81. The number of rotatable bonds is 8. The molecule has 11 nitrogen and oxygen atoms in total. The topological polar surface area (TPSA) is 131 Å². The second-order valence-corrected chi connectivity index (χ2v) is 7.44. The van der Waals surface area contributed by atoms with E-state index >= 15 is 0 Å². The Labute approximate surface area is 188 Å². The number of aromatic nitrogens is 3. The summed E-state index contributed by atoms with van der Waals surface area (Å²) in [5, 5.41) is 13.0. The second kappa shape index (κ2) is 10.6. The number of anilines is 1. The number of urea groups is 1. The van der Waals surface area contributed by atoms with Crippen molar-refractivity contribution >= 4 is 30.3 Å². The summed E-state index contributed by atoms with van der Waals surface area (Å²) < 4.78 is 35.9. The quantitative estimate of drug-likeness (QED) is 0.311. The molecule has 1 aliphatic rings. The van der Waals surface area contributed by atoms with Crippen LogP contribution in [0.2, 0.25) is 0 Å². The van der Waals surface area contributed by atoms with Gasteiger partial charge < -0.3 is 25.6 Å². The highest BCUT2D eigenvalue weighted by atomic mass is 32.1. The highest BCUT2D eigenvalue weighted by Crippen LogP contribution is 2.27. The van der Waals surface area contributed by atoms with E-state index in [-0.39, 0.29) is 50.0 Å². The molecule has 0 saturated carbocycles. The zero-order valence-corrected chi connectivity index (χ0v) is 18.2.